The molecular formula is C20H20O3S. The topological polar surface area (TPSA) is 50.4 Å². The van der Waals surface area contributed by atoms with Gasteiger partial charge in [0.15, 0.2) is 0 Å². The Morgan fingerprint density at radius 3 is 2.58 bits per heavy atom. The molecule has 0 saturated carbocycles. The van der Waals surface area contributed by atoms with E-state index in [1.165, 1.54) is 42.7 Å². The van der Waals surface area contributed by atoms with Gasteiger partial charge in [-0.2, -0.15) is 0 Å². The standard InChI is InChI=1S/C20H20O3S/c1-2-3-4-5-14-6-10-17(11-7-14)24-19-12-15-8-9-16(21)13-18(15)23-20(19)22/h6-13,21H,2-5H2,1H3. The number of fused-ring (bicyclic) bond motifs is 1. The van der Waals surface area contributed by atoms with Gasteiger partial charge in [0.05, 0.1) is 4.90 Å². The molecule has 4 heteroatoms. The van der Waals surface area contributed by atoms with E-state index in [-0.39, 0.29) is 11.4 Å². The van der Waals surface area contributed by atoms with Gasteiger partial charge in [0.25, 0.3) is 0 Å². The summed E-state index contributed by atoms with van der Waals surface area (Å²) in [5.41, 5.74) is 1.34. The molecule has 1 N–H and O–H groups in total. The van der Waals surface area contributed by atoms with Crippen molar-refractivity contribution < 1.29 is 9.52 Å². The summed E-state index contributed by atoms with van der Waals surface area (Å²) in [5, 5.41) is 10.3. The van der Waals surface area contributed by atoms with Crippen LogP contribution in [0, 0.1) is 0 Å². The molecule has 0 fully saturated rings. The molecule has 0 unspecified atom stereocenters. The highest BCUT2D eigenvalue weighted by molar-refractivity contribution is 7.99. The zero-order chi connectivity index (χ0) is 16.9. The number of rotatable bonds is 6. The van der Waals surface area contributed by atoms with Gasteiger partial charge in [-0.1, -0.05) is 43.7 Å². The van der Waals surface area contributed by atoms with E-state index >= 15 is 0 Å². The van der Waals surface area contributed by atoms with Gasteiger partial charge in [0, 0.05) is 16.3 Å². The molecule has 0 bridgehead atoms. The van der Waals surface area contributed by atoms with Crippen LogP contribution in [0.2, 0.25) is 0 Å². The summed E-state index contributed by atoms with van der Waals surface area (Å²) in [6.07, 6.45) is 4.79. The third-order valence-electron chi connectivity index (χ3n) is 3.91. The van der Waals surface area contributed by atoms with Crippen LogP contribution in [-0.4, -0.2) is 5.11 Å². The molecular weight excluding hydrogens is 320 g/mol. The normalized spacial score (nSPS) is 11.0. The molecule has 0 radical (unpaired) electrons. The van der Waals surface area contributed by atoms with Crippen molar-refractivity contribution in [3.63, 3.8) is 0 Å². The number of hydrogen-bond acceptors (Lipinski definition) is 4. The Hall–Kier alpha value is -2.20. The van der Waals surface area contributed by atoms with E-state index in [2.05, 4.69) is 19.1 Å². The zero-order valence-corrected chi connectivity index (χ0v) is 14.4. The minimum atomic E-state index is -0.384. The van der Waals surface area contributed by atoms with E-state index in [0.29, 0.717) is 10.5 Å². The highest BCUT2D eigenvalue weighted by Crippen LogP contribution is 2.28. The quantitative estimate of drug-likeness (QED) is 0.483. The summed E-state index contributed by atoms with van der Waals surface area (Å²) in [7, 11) is 0. The first kappa shape index (κ1) is 16.7. The second-order valence-electron chi connectivity index (χ2n) is 5.82. The van der Waals surface area contributed by atoms with Crippen LogP contribution in [0.1, 0.15) is 31.7 Å². The molecule has 3 aromatic rings. The molecule has 124 valence electrons. The smallest absolute Gasteiger partial charge is 0.350 e. The first-order valence-electron chi connectivity index (χ1n) is 8.19. The molecule has 24 heavy (non-hydrogen) atoms. The molecule has 0 spiro atoms. The van der Waals surface area contributed by atoms with Crippen LogP contribution in [0.25, 0.3) is 11.0 Å². The molecule has 0 amide bonds. The van der Waals surface area contributed by atoms with Crippen molar-refractivity contribution >= 4 is 22.7 Å². The number of phenols is 1. The third kappa shape index (κ3) is 4.01. The number of aryl methyl sites for hydroxylation is 1. The maximum Gasteiger partial charge on any atom is 0.350 e. The Kier molecular flexibility index (Phi) is 5.26. The van der Waals surface area contributed by atoms with E-state index < -0.39 is 0 Å². The minimum Gasteiger partial charge on any atom is -0.508 e. The van der Waals surface area contributed by atoms with Crippen LogP contribution in [0.5, 0.6) is 5.75 Å². The van der Waals surface area contributed by atoms with E-state index in [4.69, 9.17) is 4.42 Å². The van der Waals surface area contributed by atoms with Gasteiger partial charge in [-0.3, -0.25) is 0 Å². The van der Waals surface area contributed by atoms with Gasteiger partial charge in [0.2, 0.25) is 0 Å². The van der Waals surface area contributed by atoms with Gasteiger partial charge in [-0.25, -0.2) is 4.79 Å². The van der Waals surface area contributed by atoms with Crippen LogP contribution in [0.15, 0.2) is 67.5 Å². The number of phenolic OH excluding ortho intramolecular Hbond substituents is 1. The summed E-state index contributed by atoms with van der Waals surface area (Å²) in [6.45, 7) is 2.20. The molecule has 1 heterocycles. The summed E-state index contributed by atoms with van der Waals surface area (Å²) in [4.78, 5) is 13.7. The fourth-order valence-corrected chi connectivity index (χ4v) is 3.42. The van der Waals surface area contributed by atoms with Crippen molar-refractivity contribution in [3.8, 4) is 5.75 Å². The third-order valence-corrected chi connectivity index (χ3v) is 4.92. The second-order valence-corrected chi connectivity index (χ2v) is 6.94. The lowest BCUT2D eigenvalue weighted by Crippen LogP contribution is -2.01. The number of benzene rings is 2. The first-order chi connectivity index (χ1) is 11.7. The van der Waals surface area contributed by atoms with E-state index in [0.717, 1.165) is 16.7 Å². The van der Waals surface area contributed by atoms with E-state index in [1.54, 1.807) is 18.2 Å². The van der Waals surface area contributed by atoms with E-state index in [9.17, 15) is 9.90 Å². The Balaban J connectivity index is 1.78. The molecule has 1 aromatic heterocycles. The van der Waals surface area contributed by atoms with Crippen LogP contribution in [0.3, 0.4) is 0 Å². The largest absolute Gasteiger partial charge is 0.508 e. The second kappa shape index (κ2) is 7.58. The first-order valence-corrected chi connectivity index (χ1v) is 9.01. The molecule has 0 aliphatic carbocycles. The van der Waals surface area contributed by atoms with Crippen molar-refractivity contribution in [1.29, 1.82) is 0 Å². The number of aromatic hydroxyl groups is 1. The summed E-state index contributed by atoms with van der Waals surface area (Å²) >= 11 is 1.40. The average molecular weight is 340 g/mol. The van der Waals surface area contributed by atoms with Gasteiger partial charge >= 0.3 is 5.63 Å². The van der Waals surface area contributed by atoms with Crippen molar-refractivity contribution in [2.45, 2.75) is 42.4 Å². The van der Waals surface area contributed by atoms with Crippen LogP contribution in [-0.2, 0) is 6.42 Å². The fourth-order valence-electron chi connectivity index (χ4n) is 2.58. The molecule has 3 rings (SSSR count). The lowest BCUT2D eigenvalue weighted by molar-refractivity contribution is 0.472. The van der Waals surface area contributed by atoms with Crippen molar-refractivity contribution in [1.82, 2.24) is 0 Å². The predicted octanol–water partition coefficient (Wildman–Crippen LogP) is 5.38. The molecule has 0 aliphatic rings. The Morgan fingerprint density at radius 1 is 1.04 bits per heavy atom. The van der Waals surface area contributed by atoms with Crippen molar-refractivity contribution in [3.05, 3.63) is 64.5 Å². The maximum atomic E-state index is 12.1. The molecule has 0 saturated heterocycles. The van der Waals surface area contributed by atoms with Gasteiger partial charge in [-0.05, 0) is 48.7 Å². The lowest BCUT2D eigenvalue weighted by atomic mass is 10.1. The summed E-state index contributed by atoms with van der Waals surface area (Å²) < 4.78 is 5.30. The number of unbranched alkanes of at least 4 members (excludes halogenated alkanes) is 2. The minimum absolute atomic E-state index is 0.0877. The molecule has 0 atom stereocenters. The van der Waals surface area contributed by atoms with E-state index in [1.807, 2.05) is 12.1 Å². The van der Waals surface area contributed by atoms with Crippen molar-refractivity contribution in [2.75, 3.05) is 0 Å². The zero-order valence-electron chi connectivity index (χ0n) is 13.6. The Bertz CT molecular complexity index is 882. The predicted molar refractivity (Wildman–Crippen MR) is 97.9 cm³/mol. The SMILES string of the molecule is CCCCCc1ccc(Sc2cc3ccc(O)cc3oc2=O)cc1. The van der Waals surface area contributed by atoms with Crippen LogP contribution < -0.4 is 5.63 Å². The molecule has 3 nitrogen and oxygen atoms in total. The molecule has 2 aromatic carbocycles. The lowest BCUT2D eigenvalue weighted by Gasteiger charge is -2.05. The van der Waals surface area contributed by atoms with Crippen LogP contribution >= 0.6 is 11.8 Å². The van der Waals surface area contributed by atoms with Gasteiger partial charge in [0.1, 0.15) is 11.3 Å². The summed E-state index contributed by atoms with van der Waals surface area (Å²) in [5.74, 6) is 0.0877. The highest BCUT2D eigenvalue weighted by atomic mass is 32.2. The number of hydrogen-bond donors (Lipinski definition) is 1. The summed E-state index contributed by atoms with van der Waals surface area (Å²) in [6, 6.07) is 14.9. The monoisotopic (exact) mass is 340 g/mol. The molecule has 0 aliphatic heterocycles. The van der Waals surface area contributed by atoms with Crippen LogP contribution in [0.4, 0.5) is 0 Å². The van der Waals surface area contributed by atoms with Gasteiger partial charge < -0.3 is 9.52 Å². The average Bonchev–Trinajstić information content (AvgIpc) is 2.57. The fraction of sp³-hybridized carbons (Fsp3) is 0.250. The van der Waals surface area contributed by atoms with Crippen molar-refractivity contribution in [2.24, 2.45) is 0 Å². The van der Waals surface area contributed by atoms with Gasteiger partial charge in [-0.15, -0.1) is 0 Å². The maximum absolute atomic E-state index is 12.1. The Labute approximate surface area is 145 Å². The Morgan fingerprint density at radius 2 is 1.83 bits per heavy atom. The highest BCUT2D eigenvalue weighted by Gasteiger charge is 2.08.